The number of nitrogens with zero attached hydrogens (tertiary/aromatic N) is 2. The summed E-state index contributed by atoms with van der Waals surface area (Å²) >= 11 is 0. The van der Waals surface area contributed by atoms with Crippen LogP contribution in [0.1, 0.15) is 5.56 Å². The second kappa shape index (κ2) is 4.98. The third-order valence-electron chi connectivity index (χ3n) is 3.03. The van der Waals surface area contributed by atoms with Crippen molar-refractivity contribution >= 4 is 22.3 Å². The lowest BCUT2D eigenvalue weighted by Gasteiger charge is -2.11. The molecule has 1 aromatic heterocycles. The Morgan fingerprint density at radius 3 is 2.60 bits per heavy atom. The Labute approximate surface area is 115 Å². The van der Waals surface area contributed by atoms with Gasteiger partial charge in [-0.25, -0.2) is 4.39 Å². The van der Waals surface area contributed by atoms with Gasteiger partial charge in [0.2, 0.25) is 0 Å². The van der Waals surface area contributed by atoms with Crippen molar-refractivity contribution in [2.45, 2.75) is 0 Å². The highest BCUT2D eigenvalue weighted by Gasteiger charge is 2.10. The number of halogens is 1. The van der Waals surface area contributed by atoms with Crippen molar-refractivity contribution in [3.8, 4) is 6.07 Å². The van der Waals surface area contributed by atoms with Crippen molar-refractivity contribution < 1.29 is 4.39 Å². The smallest absolute Gasteiger partial charge is 0.146 e. The zero-order valence-electron chi connectivity index (χ0n) is 10.5. The van der Waals surface area contributed by atoms with Gasteiger partial charge in [0.1, 0.15) is 11.9 Å². The van der Waals surface area contributed by atoms with Crippen LogP contribution in [0.3, 0.4) is 0 Å². The van der Waals surface area contributed by atoms with E-state index in [9.17, 15) is 9.65 Å². The van der Waals surface area contributed by atoms with E-state index in [1.54, 1.807) is 18.2 Å². The van der Waals surface area contributed by atoms with E-state index in [-0.39, 0.29) is 5.82 Å². The SMILES string of the molecule is N#Cc1cnc2ccccc2c1Nc1ccccc1F. The van der Waals surface area contributed by atoms with Crippen LogP contribution >= 0.6 is 0 Å². The molecule has 0 aliphatic rings. The number of pyridine rings is 1. The normalized spacial score (nSPS) is 10.2. The third kappa shape index (κ3) is 2.06. The highest BCUT2D eigenvalue weighted by molar-refractivity contribution is 5.95. The molecule has 0 aliphatic carbocycles. The second-order valence-electron chi connectivity index (χ2n) is 4.28. The topological polar surface area (TPSA) is 48.7 Å². The number of rotatable bonds is 2. The fraction of sp³-hybridized carbons (Fsp3) is 0. The highest BCUT2D eigenvalue weighted by Crippen LogP contribution is 2.29. The standard InChI is InChI=1S/C16H10FN3/c17-13-6-2-4-8-15(13)20-16-11(9-18)10-19-14-7-3-1-5-12(14)16/h1-8,10H,(H,19,20). The van der Waals surface area contributed by atoms with E-state index in [2.05, 4.69) is 16.4 Å². The molecule has 20 heavy (non-hydrogen) atoms. The Bertz CT molecular complexity index is 821. The van der Waals surface area contributed by atoms with E-state index in [0.29, 0.717) is 16.9 Å². The Morgan fingerprint density at radius 1 is 1.05 bits per heavy atom. The van der Waals surface area contributed by atoms with Gasteiger partial charge in [0, 0.05) is 11.6 Å². The van der Waals surface area contributed by atoms with Crippen LogP contribution < -0.4 is 5.32 Å². The lowest BCUT2D eigenvalue weighted by Crippen LogP contribution is -1.98. The number of anilines is 2. The van der Waals surface area contributed by atoms with E-state index in [4.69, 9.17) is 0 Å². The number of fused-ring (bicyclic) bond motifs is 1. The van der Waals surface area contributed by atoms with Gasteiger partial charge in [0.15, 0.2) is 0 Å². The third-order valence-corrected chi connectivity index (χ3v) is 3.03. The summed E-state index contributed by atoms with van der Waals surface area (Å²) < 4.78 is 13.7. The van der Waals surface area contributed by atoms with Crippen molar-refractivity contribution in [3.05, 3.63) is 66.1 Å². The van der Waals surface area contributed by atoms with Gasteiger partial charge in [-0.2, -0.15) is 5.26 Å². The van der Waals surface area contributed by atoms with E-state index in [1.165, 1.54) is 12.3 Å². The van der Waals surface area contributed by atoms with Crippen LogP contribution in [0.4, 0.5) is 15.8 Å². The molecule has 1 heterocycles. The fourth-order valence-corrected chi connectivity index (χ4v) is 2.06. The second-order valence-corrected chi connectivity index (χ2v) is 4.28. The Kier molecular flexibility index (Phi) is 3.02. The number of para-hydroxylation sites is 2. The van der Waals surface area contributed by atoms with Crippen molar-refractivity contribution in [2.75, 3.05) is 5.32 Å². The van der Waals surface area contributed by atoms with Crippen LogP contribution in [0.5, 0.6) is 0 Å². The van der Waals surface area contributed by atoms with Gasteiger partial charge < -0.3 is 5.32 Å². The van der Waals surface area contributed by atoms with Gasteiger partial charge in [0.25, 0.3) is 0 Å². The van der Waals surface area contributed by atoms with Crippen molar-refractivity contribution in [1.29, 1.82) is 5.26 Å². The first-order valence-electron chi connectivity index (χ1n) is 6.09. The lowest BCUT2D eigenvalue weighted by molar-refractivity contribution is 0.632. The van der Waals surface area contributed by atoms with Gasteiger partial charge in [-0.15, -0.1) is 0 Å². The molecule has 0 atom stereocenters. The van der Waals surface area contributed by atoms with Crippen LogP contribution in [0.2, 0.25) is 0 Å². The number of nitriles is 1. The predicted molar refractivity (Wildman–Crippen MR) is 76.1 cm³/mol. The van der Waals surface area contributed by atoms with Gasteiger partial charge >= 0.3 is 0 Å². The van der Waals surface area contributed by atoms with Crippen LogP contribution in [-0.2, 0) is 0 Å². The maximum Gasteiger partial charge on any atom is 0.146 e. The predicted octanol–water partition coefficient (Wildman–Crippen LogP) is 3.99. The van der Waals surface area contributed by atoms with Gasteiger partial charge in [-0.1, -0.05) is 30.3 Å². The van der Waals surface area contributed by atoms with E-state index in [0.717, 1.165) is 10.9 Å². The molecule has 0 bridgehead atoms. The summed E-state index contributed by atoms with van der Waals surface area (Å²) in [5.41, 5.74) is 2.04. The van der Waals surface area contributed by atoms with Crippen molar-refractivity contribution in [2.24, 2.45) is 0 Å². The number of aromatic nitrogens is 1. The molecule has 2 aromatic carbocycles. The number of hydrogen-bond donors (Lipinski definition) is 1. The summed E-state index contributed by atoms with van der Waals surface area (Å²) in [5.74, 6) is -0.364. The molecule has 0 unspecified atom stereocenters. The maximum absolute atomic E-state index is 13.7. The summed E-state index contributed by atoms with van der Waals surface area (Å²) in [6.07, 6.45) is 1.49. The molecule has 0 spiro atoms. The maximum atomic E-state index is 13.7. The first-order chi connectivity index (χ1) is 9.79. The van der Waals surface area contributed by atoms with E-state index >= 15 is 0 Å². The molecule has 96 valence electrons. The minimum Gasteiger partial charge on any atom is -0.351 e. The molecule has 3 rings (SSSR count). The quantitative estimate of drug-likeness (QED) is 0.760. The van der Waals surface area contributed by atoms with Gasteiger partial charge in [-0.3, -0.25) is 4.98 Å². The number of hydrogen-bond acceptors (Lipinski definition) is 3. The van der Waals surface area contributed by atoms with Crippen molar-refractivity contribution in [3.63, 3.8) is 0 Å². The molecule has 0 fully saturated rings. The molecular weight excluding hydrogens is 253 g/mol. The minimum absolute atomic E-state index is 0.334. The Morgan fingerprint density at radius 2 is 1.80 bits per heavy atom. The fourth-order valence-electron chi connectivity index (χ4n) is 2.06. The Balaban J connectivity index is 2.20. The van der Waals surface area contributed by atoms with Crippen LogP contribution in [0.15, 0.2) is 54.7 Å². The zero-order chi connectivity index (χ0) is 13.9. The summed E-state index contributed by atoms with van der Waals surface area (Å²) in [4.78, 5) is 4.22. The molecule has 4 heteroatoms. The summed E-state index contributed by atoms with van der Waals surface area (Å²) in [6.45, 7) is 0. The average molecular weight is 263 g/mol. The largest absolute Gasteiger partial charge is 0.351 e. The van der Waals surface area contributed by atoms with Crippen LogP contribution in [0.25, 0.3) is 10.9 Å². The lowest BCUT2D eigenvalue weighted by atomic mass is 10.1. The molecule has 3 aromatic rings. The number of nitrogens with one attached hydrogen (secondary N) is 1. The number of benzene rings is 2. The first-order valence-corrected chi connectivity index (χ1v) is 6.09. The van der Waals surface area contributed by atoms with E-state index < -0.39 is 0 Å². The highest BCUT2D eigenvalue weighted by atomic mass is 19.1. The summed E-state index contributed by atoms with van der Waals surface area (Å²) in [6, 6.07) is 15.9. The molecule has 0 saturated heterocycles. The zero-order valence-corrected chi connectivity index (χ0v) is 10.5. The van der Waals surface area contributed by atoms with Crippen LogP contribution in [0, 0.1) is 17.1 Å². The summed E-state index contributed by atoms with van der Waals surface area (Å²) in [5, 5.41) is 13.0. The van der Waals surface area contributed by atoms with Gasteiger partial charge in [-0.05, 0) is 18.2 Å². The van der Waals surface area contributed by atoms with Crippen molar-refractivity contribution in [1.82, 2.24) is 4.98 Å². The van der Waals surface area contributed by atoms with E-state index in [1.807, 2.05) is 24.3 Å². The van der Waals surface area contributed by atoms with Crippen LogP contribution in [-0.4, -0.2) is 4.98 Å². The molecule has 0 saturated carbocycles. The minimum atomic E-state index is -0.364. The molecule has 0 radical (unpaired) electrons. The van der Waals surface area contributed by atoms with Gasteiger partial charge in [0.05, 0.1) is 22.5 Å². The molecule has 0 amide bonds. The Hall–Kier alpha value is -2.93. The molecular formula is C16H10FN3. The first kappa shape index (κ1) is 12.1. The summed E-state index contributed by atoms with van der Waals surface area (Å²) in [7, 11) is 0. The molecule has 3 nitrogen and oxygen atoms in total. The molecule has 0 aliphatic heterocycles. The molecule has 1 N–H and O–H groups in total. The monoisotopic (exact) mass is 263 g/mol. The average Bonchev–Trinajstić information content (AvgIpc) is 2.50.